The summed E-state index contributed by atoms with van der Waals surface area (Å²) in [5, 5.41) is 0. The van der Waals surface area contributed by atoms with E-state index in [1.807, 2.05) is 25.1 Å². The van der Waals surface area contributed by atoms with Gasteiger partial charge in [-0.3, -0.25) is 9.69 Å². The van der Waals surface area contributed by atoms with E-state index < -0.39 is 0 Å². The molecule has 2 aromatic rings. The summed E-state index contributed by atoms with van der Waals surface area (Å²) in [6.45, 7) is 5.46. The highest BCUT2D eigenvalue weighted by atomic mass is 16.1. The zero-order valence-electron chi connectivity index (χ0n) is 11.2. The normalized spacial score (nSPS) is 18.5. The van der Waals surface area contributed by atoms with Crippen LogP contribution >= 0.6 is 0 Å². The van der Waals surface area contributed by atoms with Gasteiger partial charge in [-0.1, -0.05) is 30.3 Å². The van der Waals surface area contributed by atoms with Gasteiger partial charge in [0.05, 0.1) is 17.3 Å². The van der Waals surface area contributed by atoms with E-state index in [4.69, 9.17) is 0 Å². The summed E-state index contributed by atoms with van der Waals surface area (Å²) in [7, 11) is 0. The van der Waals surface area contributed by atoms with Gasteiger partial charge in [-0.2, -0.15) is 0 Å². The Kier molecular flexibility index (Phi) is 2.95. The topological polar surface area (TPSA) is 49.0 Å². The van der Waals surface area contributed by atoms with Crippen molar-refractivity contribution < 1.29 is 0 Å². The Morgan fingerprint density at radius 1 is 1.37 bits per heavy atom. The lowest BCUT2D eigenvalue weighted by Gasteiger charge is -2.20. The molecule has 4 nitrogen and oxygen atoms in total. The second-order valence-electron chi connectivity index (χ2n) is 5.08. The maximum Gasteiger partial charge on any atom is 0.255 e. The van der Waals surface area contributed by atoms with E-state index >= 15 is 0 Å². The minimum Gasteiger partial charge on any atom is -0.310 e. The minimum atomic E-state index is 0.00455. The molecule has 0 fully saturated rings. The third kappa shape index (κ3) is 2.19. The van der Waals surface area contributed by atoms with E-state index in [9.17, 15) is 4.79 Å². The summed E-state index contributed by atoms with van der Waals surface area (Å²) in [5.74, 6) is 0.692. The predicted molar refractivity (Wildman–Crippen MR) is 73.7 cm³/mol. The van der Waals surface area contributed by atoms with Crippen LogP contribution in [0.1, 0.15) is 35.6 Å². The van der Waals surface area contributed by atoms with Crippen LogP contribution in [0.3, 0.4) is 0 Å². The molecule has 1 aliphatic rings. The van der Waals surface area contributed by atoms with E-state index in [0.717, 1.165) is 17.8 Å². The first-order valence-corrected chi connectivity index (χ1v) is 6.53. The number of fused-ring (bicyclic) bond motifs is 1. The van der Waals surface area contributed by atoms with Gasteiger partial charge in [0, 0.05) is 13.1 Å². The first-order valence-electron chi connectivity index (χ1n) is 6.53. The van der Waals surface area contributed by atoms with Crippen LogP contribution in [-0.4, -0.2) is 14.9 Å². The molecule has 0 spiro atoms. The van der Waals surface area contributed by atoms with Gasteiger partial charge < -0.3 is 4.98 Å². The molecule has 1 unspecified atom stereocenters. The van der Waals surface area contributed by atoms with Crippen molar-refractivity contribution in [2.75, 3.05) is 0 Å². The standard InChI is InChI=1S/C15H17N3O/c1-10-14-13(15(19)17-11(2)16-14)9-18(10)8-12-6-4-3-5-7-12/h3-7,10H,8-9H2,1-2H3,(H,16,17,19). The second kappa shape index (κ2) is 4.63. The van der Waals surface area contributed by atoms with Crippen molar-refractivity contribution in [1.29, 1.82) is 0 Å². The first kappa shape index (κ1) is 12.1. The molecule has 0 amide bonds. The van der Waals surface area contributed by atoms with Crippen molar-refractivity contribution in [2.24, 2.45) is 0 Å². The molecule has 0 aliphatic carbocycles. The minimum absolute atomic E-state index is 0.00455. The van der Waals surface area contributed by atoms with Crippen molar-refractivity contribution in [1.82, 2.24) is 14.9 Å². The third-order valence-electron chi connectivity index (χ3n) is 3.70. The molecule has 4 heteroatoms. The molecule has 0 radical (unpaired) electrons. The Hall–Kier alpha value is -1.94. The quantitative estimate of drug-likeness (QED) is 0.894. The highest BCUT2D eigenvalue weighted by Crippen LogP contribution is 2.30. The predicted octanol–water partition coefficient (Wildman–Crippen LogP) is 2.16. The van der Waals surface area contributed by atoms with Crippen LogP contribution in [0.25, 0.3) is 0 Å². The van der Waals surface area contributed by atoms with Gasteiger partial charge in [-0.15, -0.1) is 0 Å². The number of hydrogen-bond donors (Lipinski definition) is 1. The van der Waals surface area contributed by atoms with E-state index in [0.29, 0.717) is 12.4 Å². The maximum absolute atomic E-state index is 12.0. The highest BCUT2D eigenvalue weighted by Gasteiger charge is 2.30. The average molecular weight is 255 g/mol. The lowest BCUT2D eigenvalue weighted by atomic mass is 10.2. The monoisotopic (exact) mass is 255 g/mol. The first-order chi connectivity index (χ1) is 9.15. The van der Waals surface area contributed by atoms with Crippen molar-refractivity contribution in [2.45, 2.75) is 33.0 Å². The Morgan fingerprint density at radius 3 is 2.84 bits per heavy atom. The molecular formula is C15H17N3O. The van der Waals surface area contributed by atoms with Gasteiger partial charge in [0.25, 0.3) is 5.56 Å². The molecule has 1 aliphatic heterocycles. The Bertz CT molecular complexity index is 648. The van der Waals surface area contributed by atoms with Crippen LogP contribution in [0.4, 0.5) is 0 Å². The zero-order chi connectivity index (χ0) is 13.4. The Labute approximate surface area is 112 Å². The number of aromatic amines is 1. The average Bonchev–Trinajstić information content (AvgIpc) is 2.69. The SMILES string of the molecule is Cc1nc2c(c(=O)[nH]1)CN(Cc1ccccc1)C2C. The van der Waals surface area contributed by atoms with Crippen LogP contribution < -0.4 is 5.56 Å². The number of rotatable bonds is 2. The van der Waals surface area contributed by atoms with Crippen LogP contribution in [0, 0.1) is 6.92 Å². The molecule has 1 N–H and O–H groups in total. The van der Waals surface area contributed by atoms with Gasteiger partial charge in [-0.25, -0.2) is 4.98 Å². The number of aryl methyl sites for hydroxylation is 1. The zero-order valence-corrected chi connectivity index (χ0v) is 11.2. The van der Waals surface area contributed by atoms with Gasteiger partial charge >= 0.3 is 0 Å². The van der Waals surface area contributed by atoms with Crippen molar-refractivity contribution >= 4 is 0 Å². The van der Waals surface area contributed by atoms with Crippen LogP contribution in [0.15, 0.2) is 35.1 Å². The summed E-state index contributed by atoms with van der Waals surface area (Å²) >= 11 is 0. The van der Waals surface area contributed by atoms with Crippen LogP contribution in [0.2, 0.25) is 0 Å². The van der Waals surface area contributed by atoms with Gasteiger partial charge in [0.1, 0.15) is 5.82 Å². The van der Waals surface area contributed by atoms with Crippen molar-refractivity contribution in [3.63, 3.8) is 0 Å². The molecule has 0 saturated heterocycles. The van der Waals surface area contributed by atoms with Crippen LogP contribution in [0.5, 0.6) is 0 Å². The third-order valence-corrected chi connectivity index (χ3v) is 3.70. The fraction of sp³-hybridized carbons (Fsp3) is 0.333. The fourth-order valence-electron chi connectivity index (χ4n) is 2.65. The smallest absolute Gasteiger partial charge is 0.255 e. The van der Waals surface area contributed by atoms with Crippen LogP contribution in [-0.2, 0) is 13.1 Å². The van der Waals surface area contributed by atoms with Crippen molar-refractivity contribution in [3.8, 4) is 0 Å². The molecule has 19 heavy (non-hydrogen) atoms. The maximum atomic E-state index is 12.0. The number of aromatic nitrogens is 2. The molecule has 1 aromatic carbocycles. The molecule has 2 heterocycles. The molecule has 0 saturated carbocycles. The summed E-state index contributed by atoms with van der Waals surface area (Å²) < 4.78 is 0. The van der Waals surface area contributed by atoms with E-state index in [1.165, 1.54) is 5.56 Å². The van der Waals surface area contributed by atoms with Crippen molar-refractivity contribution in [3.05, 3.63) is 63.3 Å². The highest BCUT2D eigenvalue weighted by molar-refractivity contribution is 5.26. The lowest BCUT2D eigenvalue weighted by molar-refractivity contribution is 0.218. The summed E-state index contributed by atoms with van der Waals surface area (Å²) in [4.78, 5) is 21.5. The Morgan fingerprint density at radius 2 is 2.11 bits per heavy atom. The Balaban J connectivity index is 1.89. The fourth-order valence-corrected chi connectivity index (χ4v) is 2.65. The second-order valence-corrected chi connectivity index (χ2v) is 5.08. The molecular weight excluding hydrogens is 238 g/mol. The van der Waals surface area contributed by atoms with E-state index in [2.05, 4.69) is 33.9 Å². The number of hydrogen-bond acceptors (Lipinski definition) is 3. The molecule has 3 rings (SSSR count). The molecule has 1 aromatic heterocycles. The number of H-pyrrole nitrogens is 1. The van der Waals surface area contributed by atoms with Gasteiger partial charge in [-0.05, 0) is 19.4 Å². The van der Waals surface area contributed by atoms with E-state index in [1.54, 1.807) is 0 Å². The van der Waals surface area contributed by atoms with Gasteiger partial charge in [0.2, 0.25) is 0 Å². The van der Waals surface area contributed by atoms with E-state index in [-0.39, 0.29) is 11.6 Å². The molecule has 0 bridgehead atoms. The summed E-state index contributed by atoms with van der Waals surface area (Å²) in [6, 6.07) is 10.5. The molecule has 1 atom stereocenters. The lowest BCUT2D eigenvalue weighted by Crippen LogP contribution is -2.20. The summed E-state index contributed by atoms with van der Waals surface area (Å²) in [6.07, 6.45) is 0. The number of benzene rings is 1. The molecule has 98 valence electrons. The number of nitrogens with zero attached hydrogens (tertiary/aromatic N) is 2. The van der Waals surface area contributed by atoms with Gasteiger partial charge in [0.15, 0.2) is 0 Å². The largest absolute Gasteiger partial charge is 0.310 e. The summed E-state index contributed by atoms with van der Waals surface area (Å²) in [5.41, 5.74) is 3.01. The number of nitrogens with one attached hydrogen (secondary N) is 1.